The molecule has 52 heavy (non-hydrogen) atoms. The van der Waals surface area contributed by atoms with Gasteiger partial charge in [0.05, 0.1) is 41.5 Å². The Hall–Kier alpha value is -1.01. The summed E-state index contributed by atoms with van der Waals surface area (Å²) in [5.41, 5.74) is -3.79. The third-order valence-electron chi connectivity index (χ3n) is 12.8. The van der Waals surface area contributed by atoms with E-state index in [9.17, 15) is 25.2 Å². The molecular formula is C38H70N2O12. The van der Waals surface area contributed by atoms with Crippen molar-refractivity contribution in [3.05, 3.63) is 0 Å². The highest BCUT2D eigenvalue weighted by Crippen LogP contribution is 2.46. The highest BCUT2D eigenvalue weighted by molar-refractivity contribution is 5.73. The van der Waals surface area contributed by atoms with Crippen LogP contribution in [-0.2, 0) is 38.0 Å². The molecule has 2 bridgehead atoms. The lowest BCUT2D eigenvalue weighted by molar-refractivity contribution is -0.321. The van der Waals surface area contributed by atoms with Crippen molar-refractivity contribution < 1.29 is 58.4 Å². The van der Waals surface area contributed by atoms with Gasteiger partial charge in [-0.1, -0.05) is 20.8 Å². The molecule has 4 aliphatic heterocycles. The number of fused-ring (bicyclic) bond motifs is 2. The van der Waals surface area contributed by atoms with Crippen LogP contribution in [0, 0.1) is 17.8 Å². The molecule has 19 atom stereocenters. The molecule has 0 amide bonds. The minimum atomic E-state index is -1.80. The molecule has 4 heterocycles. The van der Waals surface area contributed by atoms with Gasteiger partial charge in [-0.05, 0) is 94.8 Å². The van der Waals surface area contributed by atoms with Gasteiger partial charge in [0.2, 0.25) is 0 Å². The van der Waals surface area contributed by atoms with Gasteiger partial charge in [0, 0.05) is 31.5 Å². The van der Waals surface area contributed by atoms with Crippen molar-refractivity contribution >= 4 is 5.97 Å². The predicted molar refractivity (Wildman–Crippen MR) is 192 cm³/mol. The van der Waals surface area contributed by atoms with Crippen molar-refractivity contribution in [1.82, 2.24) is 9.80 Å². The van der Waals surface area contributed by atoms with E-state index in [0.29, 0.717) is 12.8 Å². The van der Waals surface area contributed by atoms with Crippen molar-refractivity contribution in [2.24, 2.45) is 17.8 Å². The second-order valence-electron chi connectivity index (χ2n) is 17.2. The number of carbonyl (C=O) groups is 1. The number of aliphatic hydroxyl groups is 4. The third-order valence-corrected chi connectivity index (χ3v) is 12.8. The number of carbonyl (C=O) groups excluding carboxylic acids is 1. The quantitative estimate of drug-likeness (QED) is 0.280. The van der Waals surface area contributed by atoms with Gasteiger partial charge in [-0.25, -0.2) is 0 Å². The Labute approximate surface area is 311 Å². The monoisotopic (exact) mass is 746 g/mol. The molecule has 4 N–H and O–H groups in total. The number of likely N-dealkylation sites (N-methyl/N-ethyl adjacent to an activating group) is 2. The van der Waals surface area contributed by atoms with Gasteiger partial charge in [-0.15, -0.1) is 0 Å². The molecule has 14 heteroatoms. The van der Waals surface area contributed by atoms with E-state index < -0.39 is 102 Å². The zero-order valence-electron chi connectivity index (χ0n) is 34.0. The molecule has 1 unspecified atom stereocenters. The lowest BCUT2D eigenvalue weighted by Crippen LogP contribution is -2.62. The van der Waals surface area contributed by atoms with Crippen LogP contribution in [0.4, 0.5) is 0 Å². The molecule has 0 aliphatic carbocycles. The summed E-state index contributed by atoms with van der Waals surface area (Å²) in [4.78, 5) is 18.1. The Morgan fingerprint density at radius 2 is 1.60 bits per heavy atom. The highest BCUT2D eigenvalue weighted by Gasteiger charge is 2.57. The minimum Gasteiger partial charge on any atom is -0.459 e. The van der Waals surface area contributed by atoms with Crippen LogP contribution < -0.4 is 0 Å². The van der Waals surface area contributed by atoms with E-state index in [1.54, 1.807) is 27.7 Å². The van der Waals surface area contributed by atoms with Crippen LogP contribution >= 0.6 is 0 Å². The van der Waals surface area contributed by atoms with Crippen molar-refractivity contribution in [1.29, 1.82) is 0 Å². The molecule has 0 aromatic rings. The average Bonchev–Trinajstić information content (AvgIpc) is 3.40. The van der Waals surface area contributed by atoms with Crippen molar-refractivity contribution in [2.45, 2.75) is 191 Å². The number of methoxy groups -OCH3 is 1. The van der Waals surface area contributed by atoms with E-state index in [1.165, 1.54) is 14.0 Å². The summed E-state index contributed by atoms with van der Waals surface area (Å²) < 4.78 is 45.1. The number of aliphatic hydroxyl groups excluding tert-OH is 3. The smallest absolute Gasteiger partial charge is 0.311 e. The van der Waals surface area contributed by atoms with Gasteiger partial charge in [-0.2, -0.15) is 0 Å². The van der Waals surface area contributed by atoms with Crippen LogP contribution in [0.3, 0.4) is 0 Å². The molecule has 0 aromatic carbocycles. The van der Waals surface area contributed by atoms with E-state index in [4.69, 9.17) is 33.2 Å². The summed E-state index contributed by atoms with van der Waals surface area (Å²) in [6, 6.07) is -0.818. The second kappa shape index (κ2) is 16.6. The maximum absolute atomic E-state index is 14.2. The summed E-state index contributed by atoms with van der Waals surface area (Å²) in [5.74, 6) is -2.22. The molecule has 0 radical (unpaired) electrons. The Bertz CT molecular complexity index is 1190. The number of hydrogen-bond donors (Lipinski definition) is 4. The van der Waals surface area contributed by atoms with Gasteiger partial charge in [0.1, 0.15) is 36.2 Å². The van der Waals surface area contributed by atoms with E-state index >= 15 is 0 Å². The molecule has 4 rings (SSSR count). The van der Waals surface area contributed by atoms with Crippen molar-refractivity contribution in [3.8, 4) is 0 Å². The predicted octanol–water partition coefficient (Wildman–Crippen LogP) is 2.26. The fraction of sp³-hybridized carbons (Fsp3) is 0.974. The fourth-order valence-electron chi connectivity index (χ4n) is 9.24. The topological polar surface area (TPSA) is 169 Å². The Morgan fingerprint density at radius 1 is 0.962 bits per heavy atom. The molecule has 0 saturated carbocycles. The van der Waals surface area contributed by atoms with E-state index in [0.717, 1.165) is 0 Å². The first kappa shape index (κ1) is 43.7. The normalized spacial score (nSPS) is 51.6. The fourth-order valence-corrected chi connectivity index (χ4v) is 9.24. The standard InChI is InChI=1S/C38H70N2O12/c1-15-26-38(10,45)30(42)23(6)40(13)33-19(2)17-37(9,52-33)32(51-35-28(41)25(39(11)12)16-20(3)47-35)21(4)29(22(5)34(44)49-26)50-27-18-36(8,46-14)31(43)24(7)48-27/h19-33,35,41-43,45H,15-18H2,1-14H3/t19-,20-,21+,22-,23-,24+,25+,26-,27+,28-,29+,30-,31+,32-,33?,35+,36-,37-,38-/m1/s1. The first-order valence-electron chi connectivity index (χ1n) is 19.2. The van der Waals surface area contributed by atoms with Gasteiger partial charge in [-0.3, -0.25) is 9.69 Å². The second-order valence-corrected chi connectivity index (χ2v) is 17.2. The zero-order valence-corrected chi connectivity index (χ0v) is 34.0. The maximum Gasteiger partial charge on any atom is 0.311 e. The lowest BCUT2D eigenvalue weighted by atomic mass is 9.79. The summed E-state index contributed by atoms with van der Waals surface area (Å²) in [6.45, 7) is 18.3. The number of hydrogen-bond acceptors (Lipinski definition) is 14. The van der Waals surface area contributed by atoms with Gasteiger partial charge in [0.25, 0.3) is 0 Å². The lowest BCUT2D eigenvalue weighted by Gasteiger charge is -2.49. The zero-order chi connectivity index (χ0) is 39.2. The minimum absolute atomic E-state index is 0.0493. The number of esters is 1. The maximum atomic E-state index is 14.2. The Kier molecular flexibility index (Phi) is 14.0. The summed E-state index contributed by atoms with van der Waals surface area (Å²) in [7, 11) is 7.21. The van der Waals surface area contributed by atoms with Crippen LogP contribution in [-0.4, -0.2) is 161 Å². The molecule has 4 saturated heterocycles. The molecule has 0 aromatic heterocycles. The molecule has 4 aliphatic rings. The summed E-state index contributed by atoms with van der Waals surface area (Å²) in [6.07, 6.45) is -7.64. The number of nitrogens with zero attached hydrogens (tertiary/aromatic N) is 2. The van der Waals surface area contributed by atoms with E-state index in [1.807, 2.05) is 58.6 Å². The molecule has 0 spiro atoms. The van der Waals surface area contributed by atoms with Crippen LogP contribution in [0.1, 0.15) is 94.9 Å². The number of rotatable bonds is 7. The van der Waals surface area contributed by atoms with Gasteiger partial charge < -0.3 is 58.5 Å². The van der Waals surface area contributed by atoms with Crippen LogP contribution in [0.15, 0.2) is 0 Å². The van der Waals surface area contributed by atoms with E-state index in [-0.39, 0.29) is 30.9 Å². The molecular weight excluding hydrogens is 676 g/mol. The SMILES string of the molecule is CC[C@H]1OC(=O)[C@H](C)[C@@H](O[C@H]2C[C@@](C)(OC)[C@@H](O)[C@H](C)O2)[C@H](C)[C@@H](O[C@@H]2O[C@H](C)C[C@H](N(C)C)[C@H]2O)[C@@]2(C)C[C@@H](C)C(O2)N(C)[C@H](C)[C@@H](O)[C@]1(C)O. The van der Waals surface area contributed by atoms with Crippen molar-refractivity contribution in [3.63, 3.8) is 0 Å². The van der Waals surface area contributed by atoms with E-state index in [2.05, 4.69) is 6.92 Å². The van der Waals surface area contributed by atoms with Crippen LogP contribution in [0.5, 0.6) is 0 Å². The first-order chi connectivity index (χ1) is 24.0. The Morgan fingerprint density at radius 3 is 2.17 bits per heavy atom. The van der Waals surface area contributed by atoms with Gasteiger partial charge >= 0.3 is 5.97 Å². The molecule has 304 valence electrons. The Balaban J connectivity index is 1.85. The first-order valence-corrected chi connectivity index (χ1v) is 19.2. The van der Waals surface area contributed by atoms with Gasteiger partial charge in [0.15, 0.2) is 12.6 Å². The molecule has 14 nitrogen and oxygen atoms in total. The summed E-state index contributed by atoms with van der Waals surface area (Å²) in [5, 5.41) is 46.0. The van der Waals surface area contributed by atoms with Crippen LogP contribution in [0.2, 0.25) is 0 Å². The third kappa shape index (κ3) is 8.53. The van der Waals surface area contributed by atoms with Crippen LogP contribution in [0.25, 0.3) is 0 Å². The molecule has 4 fully saturated rings. The number of cyclic esters (lactones) is 1. The average molecular weight is 747 g/mol. The largest absolute Gasteiger partial charge is 0.459 e. The highest BCUT2D eigenvalue weighted by atomic mass is 16.7. The number of ether oxygens (including phenoxy) is 7. The summed E-state index contributed by atoms with van der Waals surface area (Å²) >= 11 is 0. The van der Waals surface area contributed by atoms with Crippen molar-refractivity contribution in [2.75, 3.05) is 28.3 Å².